The van der Waals surface area contributed by atoms with Gasteiger partial charge in [0.05, 0.1) is 0 Å². The Bertz CT molecular complexity index is 2130. The van der Waals surface area contributed by atoms with Gasteiger partial charge in [-0.2, -0.15) is 0 Å². The molecule has 0 nitrogen and oxygen atoms in total. The van der Waals surface area contributed by atoms with Crippen LogP contribution in [-0.4, -0.2) is 5.92 Å². The van der Waals surface area contributed by atoms with Crippen LogP contribution in [0.2, 0.25) is 13.1 Å². The summed E-state index contributed by atoms with van der Waals surface area (Å²) in [6.07, 6.45) is 4.93. The van der Waals surface area contributed by atoms with Gasteiger partial charge in [0, 0.05) is 0 Å². The molecule has 0 aromatic heterocycles. The predicted molar refractivity (Wildman–Crippen MR) is 208 cm³/mol. The molecular weight excluding hydrogens is 707 g/mol. The minimum atomic E-state index is -4.87. The van der Waals surface area contributed by atoms with Crippen LogP contribution in [0.3, 0.4) is 0 Å². The topological polar surface area (TPSA) is 0 Å². The Balaban J connectivity index is 1.48. The van der Waals surface area contributed by atoms with E-state index < -0.39 is 21.5 Å². The van der Waals surface area contributed by atoms with Gasteiger partial charge in [0.1, 0.15) is 0 Å². The molecule has 0 saturated heterocycles. The van der Waals surface area contributed by atoms with E-state index in [4.69, 9.17) is 17.0 Å². The SMILES string of the molecule is CC1=Cc2c(-c3cc(C)cc(C)c3)ccc(C)c2[CH]1[Zr]([Cl])([Cl])([CH]1C(C(C)C)=Cc2c(-c3cccc4ccccc34)cccc21)[SiH](C)C. The molecule has 0 heterocycles. The molecule has 5 aromatic carbocycles. The number of aryl methyl sites for hydroxylation is 3. The number of hydrogen-bond donors (Lipinski definition) is 0. The van der Waals surface area contributed by atoms with Gasteiger partial charge in [0.2, 0.25) is 0 Å². The van der Waals surface area contributed by atoms with E-state index in [-0.39, 0.29) is 7.25 Å². The van der Waals surface area contributed by atoms with Gasteiger partial charge in [0.25, 0.3) is 0 Å². The Morgan fingerprint density at radius 2 is 1.32 bits per heavy atom. The van der Waals surface area contributed by atoms with Crippen LogP contribution in [0.1, 0.15) is 67.0 Å². The van der Waals surface area contributed by atoms with Crippen LogP contribution in [0.25, 0.3) is 45.2 Å². The van der Waals surface area contributed by atoms with Crippen molar-refractivity contribution >= 4 is 45.9 Å². The molecule has 0 amide bonds. The molecule has 0 aliphatic heterocycles. The molecule has 4 heteroatoms. The zero-order valence-electron chi connectivity index (χ0n) is 28.9. The second-order valence-corrected chi connectivity index (χ2v) is 57.4. The summed E-state index contributed by atoms with van der Waals surface area (Å²) in [5, 5.41) is 2.54. The number of benzene rings is 5. The van der Waals surface area contributed by atoms with Gasteiger partial charge >= 0.3 is 293 Å². The second kappa shape index (κ2) is 11.8. The van der Waals surface area contributed by atoms with Gasteiger partial charge in [-0.05, 0) is 0 Å². The molecule has 0 saturated carbocycles. The maximum absolute atomic E-state index is 8.70. The average Bonchev–Trinajstić information content (AvgIpc) is 3.61. The molecule has 2 atom stereocenters. The molecule has 0 N–H and O–H groups in total. The molecule has 2 unspecified atom stereocenters. The number of hydrogen-bond acceptors (Lipinski definition) is 0. The van der Waals surface area contributed by atoms with Crippen LogP contribution in [-0.2, 0) is 15.6 Å². The van der Waals surface area contributed by atoms with E-state index in [9.17, 15) is 0 Å². The van der Waals surface area contributed by atoms with Gasteiger partial charge in [-0.25, -0.2) is 0 Å². The third kappa shape index (κ3) is 5.08. The monoisotopic (exact) mass is 749 g/mol. The van der Waals surface area contributed by atoms with Gasteiger partial charge < -0.3 is 0 Å². The van der Waals surface area contributed by atoms with Crippen LogP contribution in [0.15, 0.2) is 102 Å². The summed E-state index contributed by atoms with van der Waals surface area (Å²) in [5.74, 6) is -1.32. The zero-order chi connectivity index (χ0) is 33.4. The summed E-state index contributed by atoms with van der Waals surface area (Å²) < 4.78 is 0.145. The molecule has 239 valence electrons. The van der Waals surface area contributed by atoms with E-state index in [0.717, 1.165) is 0 Å². The van der Waals surface area contributed by atoms with E-state index in [1.54, 1.807) is 0 Å². The van der Waals surface area contributed by atoms with Crippen LogP contribution in [0.4, 0.5) is 0 Å². The Kier molecular flexibility index (Phi) is 8.32. The van der Waals surface area contributed by atoms with Crippen LogP contribution in [0.5, 0.6) is 0 Å². The molecule has 7 rings (SSSR count). The summed E-state index contributed by atoms with van der Waals surface area (Å²) in [6.45, 7) is 18.5. The van der Waals surface area contributed by atoms with Crippen molar-refractivity contribution in [3.63, 3.8) is 0 Å². The van der Waals surface area contributed by atoms with Crippen molar-refractivity contribution in [3.8, 4) is 22.3 Å². The van der Waals surface area contributed by atoms with Crippen molar-refractivity contribution in [2.45, 2.75) is 61.9 Å². The Labute approximate surface area is 290 Å². The molecule has 0 bridgehead atoms. The molecule has 0 radical (unpaired) electrons. The fourth-order valence-corrected chi connectivity index (χ4v) is 41.2. The molecule has 2 aliphatic rings. The van der Waals surface area contributed by atoms with Crippen LogP contribution < -0.4 is 0 Å². The molecule has 47 heavy (non-hydrogen) atoms. The first-order valence-electron chi connectivity index (χ1n) is 17.1. The number of rotatable bonds is 6. The maximum atomic E-state index is 8.70. The second-order valence-electron chi connectivity index (χ2n) is 14.9. The molecular formula is C43H45Cl2SiZr. The number of fused-ring (bicyclic) bond motifs is 3. The number of allylic oxidation sites excluding steroid dienone is 2. The average molecular weight is 752 g/mol. The summed E-state index contributed by atoms with van der Waals surface area (Å²) in [6, 6.07) is 33.8. The van der Waals surface area contributed by atoms with Crippen molar-refractivity contribution in [1.82, 2.24) is 0 Å². The van der Waals surface area contributed by atoms with E-state index in [1.165, 1.54) is 83.1 Å². The summed E-state index contributed by atoms with van der Waals surface area (Å²) in [5.41, 5.74) is 17.1. The van der Waals surface area contributed by atoms with Crippen LogP contribution >= 0.6 is 17.0 Å². The normalized spacial score (nSPS) is 18.3. The van der Waals surface area contributed by atoms with Crippen molar-refractivity contribution in [2.24, 2.45) is 5.92 Å². The molecule has 2 aliphatic carbocycles. The van der Waals surface area contributed by atoms with E-state index in [0.29, 0.717) is 5.92 Å². The van der Waals surface area contributed by atoms with Crippen LogP contribution in [0, 0.1) is 26.7 Å². The summed E-state index contributed by atoms with van der Waals surface area (Å²) in [4.78, 5) is 0. The summed E-state index contributed by atoms with van der Waals surface area (Å²) >= 11 is -4.87. The van der Waals surface area contributed by atoms with Crippen molar-refractivity contribution < 1.29 is 15.6 Å². The Morgan fingerprint density at radius 3 is 2.02 bits per heavy atom. The third-order valence-corrected chi connectivity index (χ3v) is 63.1. The first-order chi connectivity index (χ1) is 22.3. The molecule has 5 aromatic rings. The zero-order valence-corrected chi connectivity index (χ0v) is 34.0. The first kappa shape index (κ1) is 33.0. The van der Waals surface area contributed by atoms with E-state index in [1.807, 2.05) is 0 Å². The van der Waals surface area contributed by atoms with Gasteiger partial charge in [0.15, 0.2) is 0 Å². The minimum absolute atomic E-state index is 0.0694. The predicted octanol–water partition coefficient (Wildman–Crippen LogP) is 13.3. The van der Waals surface area contributed by atoms with Gasteiger partial charge in [-0.15, -0.1) is 0 Å². The fraction of sp³-hybridized carbons (Fsp3) is 0.256. The standard InChI is InChI=1S/C22H19.C19H19.C2H7Si.2ClH.Zr/c1-15(2)18-13-17-9-6-12-21(22(17)14-18)20-11-5-8-16-7-3-4-10-19(16)20;1-12-7-13(2)9-16(8-12)17-6-5-15(4)18-10-14(3)11-19(17)18;1-3-2;;;/h3-15H,1-2H3;5-11H,1-4H3;3H,1-2H3;2*1H;/q;;;;;+2/p-2. The van der Waals surface area contributed by atoms with E-state index in [2.05, 4.69) is 158 Å². The summed E-state index contributed by atoms with van der Waals surface area (Å²) in [7, 11) is 17.4. The van der Waals surface area contributed by atoms with Gasteiger partial charge in [-0.1, -0.05) is 0 Å². The van der Waals surface area contributed by atoms with Gasteiger partial charge in [-0.3, -0.25) is 0 Å². The van der Waals surface area contributed by atoms with Crippen molar-refractivity contribution in [1.29, 1.82) is 0 Å². The van der Waals surface area contributed by atoms with Crippen molar-refractivity contribution in [2.75, 3.05) is 0 Å². The van der Waals surface area contributed by atoms with Crippen molar-refractivity contribution in [3.05, 3.63) is 141 Å². The quantitative estimate of drug-likeness (QED) is 0.152. The Morgan fingerprint density at radius 1 is 0.660 bits per heavy atom. The number of halogens is 2. The Hall–Kier alpha value is -2.48. The molecule has 0 spiro atoms. The van der Waals surface area contributed by atoms with E-state index >= 15 is 0 Å². The molecule has 0 fully saturated rings. The third-order valence-electron chi connectivity index (χ3n) is 11.2. The fourth-order valence-electron chi connectivity index (χ4n) is 8.98. The first-order valence-corrected chi connectivity index (χ1v) is 33.4.